The molecule has 0 aliphatic heterocycles. The molecule has 0 aliphatic rings. The van der Waals surface area contributed by atoms with Crippen LogP contribution in [0.3, 0.4) is 0 Å². The Morgan fingerprint density at radius 1 is 1.12 bits per heavy atom. The van der Waals surface area contributed by atoms with Gasteiger partial charge in [-0.1, -0.05) is 49.4 Å². The van der Waals surface area contributed by atoms with Crippen LogP contribution in [0.1, 0.15) is 37.3 Å². The van der Waals surface area contributed by atoms with Gasteiger partial charge in [-0.3, -0.25) is 9.59 Å². The van der Waals surface area contributed by atoms with Gasteiger partial charge in [-0.05, 0) is 31.0 Å². The van der Waals surface area contributed by atoms with Crippen LogP contribution in [0.15, 0.2) is 54.6 Å². The Labute approximate surface area is 147 Å². The van der Waals surface area contributed by atoms with E-state index in [-0.39, 0.29) is 0 Å². The molecular formula is C20H20N2O3. The molecule has 0 radical (unpaired) electrons. The zero-order valence-electron chi connectivity index (χ0n) is 14.2. The van der Waals surface area contributed by atoms with E-state index in [0.717, 1.165) is 5.56 Å². The summed E-state index contributed by atoms with van der Waals surface area (Å²) in [6, 6.07) is 18.0. The van der Waals surface area contributed by atoms with E-state index < -0.39 is 23.9 Å². The van der Waals surface area contributed by atoms with Crippen LogP contribution in [-0.4, -0.2) is 18.0 Å². The number of ether oxygens (including phenoxy) is 1. The van der Waals surface area contributed by atoms with Crippen molar-refractivity contribution in [3.05, 3.63) is 65.7 Å². The number of carbonyl (C=O) groups excluding carboxylic acids is 2. The first-order valence-corrected chi connectivity index (χ1v) is 8.12. The summed E-state index contributed by atoms with van der Waals surface area (Å²) in [7, 11) is 0. The third kappa shape index (κ3) is 4.67. The average molecular weight is 336 g/mol. The van der Waals surface area contributed by atoms with E-state index in [1.165, 1.54) is 6.92 Å². The quantitative estimate of drug-likeness (QED) is 0.817. The molecule has 2 aromatic rings. The van der Waals surface area contributed by atoms with Gasteiger partial charge in [0.05, 0.1) is 17.2 Å². The van der Waals surface area contributed by atoms with E-state index in [9.17, 15) is 9.59 Å². The van der Waals surface area contributed by atoms with Crippen LogP contribution in [-0.2, 0) is 14.3 Å². The number of rotatable bonds is 6. The molecule has 0 spiro atoms. The fourth-order valence-electron chi connectivity index (χ4n) is 2.46. The van der Waals surface area contributed by atoms with Crippen molar-refractivity contribution in [2.24, 2.45) is 0 Å². The molecule has 0 aromatic heterocycles. The van der Waals surface area contributed by atoms with Crippen LogP contribution in [0.25, 0.3) is 0 Å². The number of hydrogen-bond acceptors (Lipinski definition) is 4. The van der Waals surface area contributed by atoms with Crippen molar-refractivity contribution < 1.29 is 14.3 Å². The molecule has 2 aromatic carbocycles. The highest BCUT2D eigenvalue weighted by molar-refractivity contribution is 5.96. The van der Waals surface area contributed by atoms with E-state index in [1.54, 1.807) is 24.3 Å². The fourth-order valence-corrected chi connectivity index (χ4v) is 2.46. The highest BCUT2D eigenvalue weighted by Crippen LogP contribution is 2.22. The molecule has 0 unspecified atom stereocenters. The van der Waals surface area contributed by atoms with E-state index in [4.69, 9.17) is 10.00 Å². The molecule has 128 valence electrons. The second-order valence-corrected chi connectivity index (χ2v) is 5.60. The van der Waals surface area contributed by atoms with Gasteiger partial charge >= 0.3 is 5.97 Å². The lowest BCUT2D eigenvalue weighted by atomic mass is 9.97. The van der Waals surface area contributed by atoms with E-state index >= 15 is 0 Å². The Balaban J connectivity index is 2.03. The maximum Gasteiger partial charge on any atom is 0.314 e. The average Bonchev–Trinajstić information content (AvgIpc) is 2.63. The number of benzene rings is 2. The van der Waals surface area contributed by atoms with Crippen LogP contribution in [0.4, 0.5) is 5.69 Å². The molecule has 1 amide bonds. The number of nitrogens with zero attached hydrogens (tertiary/aromatic N) is 1. The summed E-state index contributed by atoms with van der Waals surface area (Å²) in [5, 5.41) is 11.7. The van der Waals surface area contributed by atoms with Gasteiger partial charge in [-0.25, -0.2) is 0 Å². The van der Waals surface area contributed by atoms with Gasteiger partial charge < -0.3 is 10.1 Å². The molecule has 5 heteroatoms. The summed E-state index contributed by atoms with van der Waals surface area (Å²) >= 11 is 0. The maximum absolute atomic E-state index is 12.4. The predicted molar refractivity (Wildman–Crippen MR) is 94.8 cm³/mol. The summed E-state index contributed by atoms with van der Waals surface area (Å²) in [6.45, 7) is 3.41. The molecule has 0 aliphatic carbocycles. The summed E-state index contributed by atoms with van der Waals surface area (Å²) in [5.41, 5.74) is 1.61. The van der Waals surface area contributed by atoms with Crippen molar-refractivity contribution in [2.45, 2.75) is 32.3 Å². The predicted octanol–water partition coefficient (Wildman–Crippen LogP) is 3.62. The highest BCUT2D eigenvalue weighted by atomic mass is 16.5. The SMILES string of the molecule is CC[C@H](C(=O)O[C@@H](C)C(=O)Nc1ccccc1C#N)c1ccccc1. The standard InChI is InChI=1S/C20H20N2O3/c1-3-17(15-9-5-4-6-10-15)20(24)25-14(2)19(23)22-18-12-8-7-11-16(18)13-21/h4-12,14,17H,3H2,1-2H3,(H,22,23)/t14-,17-/m0/s1. The lowest BCUT2D eigenvalue weighted by molar-refractivity contribution is -0.154. The van der Waals surface area contributed by atoms with Gasteiger partial charge in [0.15, 0.2) is 6.10 Å². The van der Waals surface area contributed by atoms with E-state index in [2.05, 4.69) is 5.32 Å². The third-order valence-electron chi connectivity index (χ3n) is 3.86. The number of carbonyl (C=O) groups is 2. The van der Waals surface area contributed by atoms with Crippen molar-refractivity contribution in [1.82, 2.24) is 0 Å². The Bertz CT molecular complexity index is 781. The maximum atomic E-state index is 12.4. The Kier molecular flexibility index (Phi) is 6.30. The van der Waals surface area contributed by atoms with Crippen molar-refractivity contribution >= 4 is 17.6 Å². The lowest BCUT2D eigenvalue weighted by Crippen LogP contribution is -2.32. The van der Waals surface area contributed by atoms with Gasteiger partial charge in [-0.2, -0.15) is 5.26 Å². The van der Waals surface area contributed by atoms with Crippen molar-refractivity contribution in [1.29, 1.82) is 5.26 Å². The van der Waals surface area contributed by atoms with Crippen LogP contribution in [0.2, 0.25) is 0 Å². The van der Waals surface area contributed by atoms with E-state index in [0.29, 0.717) is 17.7 Å². The monoisotopic (exact) mass is 336 g/mol. The molecule has 0 saturated heterocycles. The second kappa shape index (κ2) is 8.65. The molecule has 5 nitrogen and oxygen atoms in total. The van der Waals surface area contributed by atoms with Crippen molar-refractivity contribution in [2.75, 3.05) is 5.32 Å². The van der Waals surface area contributed by atoms with Crippen LogP contribution >= 0.6 is 0 Å². The molecule has 0 bridgehead atoms. The minimum Gasteiger partial charge on any atom is -0.452 e. The van der Waals surface area contributed by atoms with Crippen LogP contribution in [0.5, 0.6) is 0 Å². The lowest BCUT2D eigenvalue weighted by Gasteiger charge is -2.18. The minimum atomic E-state index is -0.961. The number of nitrogens with one attached hydrogen (secondary N) is 1. The molecule has 0 saturated carbocycles. The fraction of sp³-hybridized carbons (Fsp3) is 0.250. The summed E-state index contributed by atoms with van der Waals surface area (Å²) in [5.74, 6) is -1.33. The van der Waals surface area contributed by atoms with Gasteiger partial charge in [-0.15, -0.1) is 0 Å². The Morgan fingerprint density at radius 3 is 2.40 bits per heavy atom. The summed E-state index contributed by atoms with van der Waals surface area (Å²) < 4.78 is 5.33. The molecule has 1 N–H and O–H groups in total. The molecule has 25 heavy (non-hydrogen) atoms. The largest absolute Gasteiger partial charge is 0.452 e. The number of esters is 1. The first kappa shape index (κ1) is 18.2. The molecular weight excluding hydrogens is 316 g/mol. The number of hydrogen-bond donors (Lipinski definition) is 1. The smallest absolute Gasteiger partial charge is 0.314 e. The Hall–Kier alpha value is -3.13. The van der Waals surface area contributed by atoms with Gasteiger partial charge in [0.1, 0.15) is 6.07 Å². The molecule has 0 fully saturated rings. The van der Waals surface area contributed by atoms with E-state index in [1.807, 2.05) is 43.3 Å². The van der Waals surface area contributed by atoms with Crippen LogP contribution < -0.4 is 5.32 Å². The summed E-state index contributed by atoms with van der Waals surface area (Å²) in [4.78, 5) is 24.7. The number of para-hydroxylation sites is 1. The van der Waals surface area contributed by atoms with Gasteiger partial charge in [0, 0.05) is 0 Å². The highest BCUT2D eigenvalue weighted by Gasteiger charge is 2.25. The topological polar surface area (TPSA) is 79.2 Å². The Morgan fingerprint density at radius 2 is 1.76 bits per heavy atom. The molecule has 2 rings (SSSR count). The first-order valence-electron chi connectivity index (χ1n) is 8.12. The minimum absolute atomic E-state index is 0.352. The number of anilines is 1. The number of amides is 1. The zero-order valence-corrected chi connectivity index (χ0v) is 14.2. The molecule has 0 heterocycles. The zero-order chi connectivity index (χ0) is 18.2. The summed E-state index contributed by atoms with van der Waals surface area (Å²) in [6.07, 6.45) is -0.383. The first-order chi connectivity index (χ1) is 12.1. The second-order valence-electron chi connectivity index (χ2n) is 5.60. The van der Waals surface area contributed by atoms with Crippen molar-refractivity contribution in [3.8, 4) is 6.07 Å². The van der Waals surface area contributed by atoms with Gasteiger partial charge in [0.2, 0.25) is 0 Å². The van der Waals surface area contributed by atoms with Crippen molar-refractivity contribution in [3.63, 3.8) is 0 Å². The number of nitriles is 1. The third-order valence-corrected chi connectivity index (χ3v) is 3.86. The van der Waals surface area contributed by atoms with Crippen LogP contribution in [0, 0.1) is 11.3 Å². The normalized spacial score (nSPS) is 12.5. The molecule has 2 atom stereocenters. The van der Waals surface area contributed by atoms with Gasteiger partial charge in [0.25, 0.3) is 5.91 Å².